The van der Waals surface area contributed by atoms with E-state index in [1.165, 1.54) is 0 Å². The molecule has 0 aromatic carbocycles. The van der Waals surface area contributed by atoms with E-state index in [1.807, 2.05) is 6.92 Å². The van der Waals surface area contributed by atoms with E-state index in [4.69, 9.17) is 9.16 Å². The SMILES string of the molecule is CC1(O)C[C@H]2COCC[C@H]2[C@@H]1CO[Si](C)(C)C(C)(C)C. The highest BCUT2D eigenvalue weighted by Gasteiger charge is 2.51. The second-order valence-electron chi connectivity index (χ2n) is 8.53. The van der Waals surface area contributed by atoms with E-state index in [-0.39, 0.29) is 11.0 Å². The Bertz CT molecular complexity index is 346. The smallest absolute Gasteiger partial charge is 0.191 e. The number of hydrogen-bond acceptors (Lipinski definition) is 3. The molecule has 0 radical (unpaired) electrons. The van der Waals surface area contributed by atoms with Crippen molar-refractivity contribution in [3.05, 3.63) is 0 Å². The predicted molar refractivity (Wildman–Crippen MR) is 84.3 cm³/mol. The standard InChI is InChI=1S/C16H32O3Si/c1-15(2,3)20(5,6)19-11-14-13-7-8-18-10-12(13)9-16(14,4)17/h12-14,17H,7-11H2,1-6H3/t12-,13+,14-,16?/m0/s1. The van der Waals surface area contributed by atoms with E-state index in [9.17, 15) is 5.11 Å². The first-order chi connectivity index (χ1) is 9.05. The van der Waals surface area contributed by atoms with Crippen LogP contribution in [0.3, 0.4) is 0 Å². The minimum absolute atomic E-state index is 0.229. The van der Waals surface area contributed by atoms with Gasteiger partial charge in [-0.15, -0.1) is 0 Å². The number of hydrogen-bond donors (Lipinski definition) is 1. The first-order valence-corrected chi connectivity index (χ1v) is 10.9. The lowest BCUT2D eigenvalue weighted by Gasteiger charge is -2.39. The van der Waals surface area contributed by atoms with Crippen LogP contribution < -0.4 is 0 Å². The third-order valence-corrected chi connectivity index (χ3v) is 10.5. The first-order valence-electron chi connectivity index (χ1n) is 7.99. The van der Waals surface area contributed by atoms with Gasteiger partial charge in [0.2, 0.25) is 0 Å². The van der Waals surface area contributed by atoms with E-state index in [0.717, 1.165) is 26.1 Å². The van der Waals surface area contributed by atoms with Gasteiger partial charge < -0.3 is 14.3 Å². The van der Waals surface area contributed by atoms with Gasteiger partial charge in [0, 0.05) is 25.7 Å². The monoisotopic (exact) mass is 300 g/mol. The van der Waals surface area contributed by atoms with E-state index in [2.05, 4.69) is 33.9 Å². The van der Waals surface area contributed by atoms with Crippen LogP contribution in [0.15, 0.2) is 0 Å². The Kier molecular flexibility index (Phi) is 4.43. The van der Waals surface area contributed by atoms with Crippen molar-refractivity contribution in [3.63, 3.8) is 0 Å². The topological polar surface area (TPSA) is 38.7 Å². The Balaban J connectivity index is 2.04. The van der Waals surface area contributed by atoms with Crippen LogP contribution in [0.25, 0.3) is 0 Å². The summed E-state index contributed by atoms with van der Waals surface area (Å²) in [6, 6.07) is 0. The second-order valence-corrected chi connectivity index (χ2v) is 13.3. The quantitative estimate of drug-likeness (QED) is 0.812. The molecule has 0 bridgehead atoms. The highest BCUT2D eigenvalue weighted by molar-refractivity contribution is 6.74. The average molecular weight is 301 g/mol. The Morgan fingerprint density at radius 3 is 2.60 bits per heavy atom. The second kappa shape index (κ2) is 5.38. The highest BCUT2D eigenvalue weighted by Crippen LogP contribution is 2.48. The number of fused-ring (bicyclic) bond motifs is 1. The van der Waals surface area contributed by atoms with Crippen molar-refractivity contribution >= 4 is 8.32 Å². The molecule has 1 N–H and O–H groups in total. The Hall–Kier alpha value is 0.0969. The Labute approximate surface area is 125 Å². The summed E-state index contributed by atoms with van der Waals surface area (Å²) in [7, 11) is -1.73. The summed E-state index contributed by atoms with van der Waals surface area (Å²) in [5, 5.41) is 11.0. The fourth-order valence-corrected chi connectivity index (χ4v) is 4.54. The van der Waals surface area contributed by atoms with Crippen LogP contribution in [-0.2, 0) is 9.16 Å². The molecule has 1 heterocycles. The maximum Gasteiger partial charge on any atom is 0.191 e. The molecule has 1 saturated carbocycles. The molecule has 0 amide bonds. The molecule has 1 unspecified atom stereocenters. The van der Waals surface area contributed by atoms with Gasteiger partial charge in [-0.05, 0) is 49.7 Å². The summed E-state index contributed by atoms with van der Waals surface area (Å²) >= 11 is 0. The van der Waals surface area contributed by atoms with Crippen molar-refractivity contribution in [1.29, 1.82) is 0 Å². The zero-order chi connectivity index (χ0) is 15.2. The summed E-state index contributed by atoms with van der Waals surface area (Å²) in [6.07, 6.45) is 1.94. The minimum Gasteiger partial charge on any atom is -0.416 e. The van der Waals surface area contributed by atoms with Crippen LogP contribution in [0, 0.1) is 17.8 Å². The minimum atomic E-state index is -1.73. The number of aliphatic hydroxyl groups is 1. The van der Waals surface area contributed by atoms with Crippen LogP contribution in [0.2, 0.25) is 18.1 Å². The third kappa shape index (κ3) is 3.13. The van der Waals surface area contributed by atoms with Crippen molar-refractivity contribution in [2.24, 2.45) is 17.8 Å². The van der Waals surface area contributed by atoms with Crippen LogP contribution >= 0.6 is 0 Å². The number of ether oxygens (including phenoxy) is 1. The van der Waals surface area contributed by atoms with Crippen LogP contribution in [-0.4, -0.2) is 38.8 Å². The van der Waals surface area contributed by atoms with Crippen molar-refractivity contribution in [3.8, 4) is 0 Å². The van der Waals surface area contributed by atoms with Gasteiger partial charge in [-0.2, -0.15) is 0 Å². The summed E-state index contributed by atoms with van der Waals surface area (Å²) in [5.74, 6) is 1.36. The lowest BCUT2D eigenvalue weighted by Crippen LogP contribution is -2.45. The lowest BCUT2D eigenvalue weighted by atomic mass is 9.83. The summed E-state index contributed by atoms with van der Waals surface area (Å²) in [6.45, 7) is 15.7. The Morgan fingerprint density at radius 1 is 1.35 bits per heavy atom. The van der Waals surface area contributed by atoms with E-state index in [1.54, 1.807) is 0 Å². The molecule has 20 heavy (non-hydrogen) atoms. The van der Waals surface area contributed by atoms with Gasteiger partial charge in [0.05, 0.1) is 5.60 Å². The zero-order valence-corrected chi connectivity index (χ0v) is 15.0. The Morgan fingerprint density at radius 2 is 2.00 bits per heavy atom. The molecule has 0 spiro atoms. The van der Waals surface area contributed by atoms with Gasteiger partial charge in [0.15, 0.2) is 8.32 Å². The largest absolute Gasteiger partial charge is 0.416 e. The molecule has 2 rings (SSSR count). The summed E-state index contributed by atoms with van der Waals surface area (Å²) in [4.78, 5) is 0. The summed E-state index contributed by atoms with van der Waals surface area (Å²) in [5.41, 5.74) is -0.592. The first kappa shape index (κ1) is 16.5. The molecule has 3 nitrogen and oxygen atoms in total. The van der Waals surface area contributed by atoms with Crippen molar-refractivity contribution in [1.82, 2.24) is 0 Å². The molecular weight excluding hydrogens is 268 g/mol. The molecule has 1 aliphatic heterocycles. The van der Waals surface area contributed by atoms with Crippen molar-refractivity contribution in [2.75, 3.05) is 19.8 Å². The zero-order valence-electron chi connectivity index (χ0n) is 14.0. The molecule has 2 fully saturated rings. The third-order valence-electron chi connectivity index (χ3n) is 5.95. The molecule has 4 heteroatoms. The van der Waals surface area contributed by atoms with Crippen molar-refractivity contribution in [2.45, 2.75) is 64.3 Å². The molecule has 2 aliphatic rings. The van der Waals surface area contributed by atoms with Gasteiger partial charge in [-0.3, -0.25) is 0 Å². The fraction of sp³-hybridized carbons (Fsp3) is 1.00. The molecule has 1 saturated heterocycles. The number of rotatable bonds is 3. The highest BCUT2D eigenvalue weighted by atomic mass is 28.4. The maximum atomic E-state index is 10.8. The predicted octanol–water partition coefficient (Wildman–Crippen LogP) is 3.43. The maximum absolute atomic E-state index is 10.8. The van der Waals surface area contributed by atoms with E-state index in [0.29, 0.717) is 18.4 Å². The van der Waals surface area contributed by atoms with E-state index < -0.39 is 13.9 Å². The lowest BCUT2D eigenvalue weighted by molar-refractivity contribution is -0.0203. The van der Waals surface area contributed by atoms with Gasteiger partial charge in [-0.25, -0.2) is 0 Å². The van der Waals surface area contributed by atoms with Crippen LogP contribution in [0.4, 0.5) is 0 Å². The van der Waals surface area contributed by atoms with Gasteiger partial charge >= 0.3 is 0 Å². The molecular formula is C16H32O3Si. The molecule has 1 aliphatic carbocycles. The van der Waals surface area contributed by atoms with Gasteiger partial charge in [0.25, 0.3) is 0 Å². The van der Waals surface area contributed by atoms with Crippen molar-refractivity contribution < 1.29 is 14.3 Å². The van der Waals surface area contributed by atoms with Crippen LogP contribution in [0.5, 0.6) is 0 Å². The van der Waals surface area contributed by atoms with E-state index >= 15 is 0 Å². The van der Waals surface area contributed by atoms with Crippen LogP contribution in [0.1, 0.15) is 40.5 Å². The molecule has 0 aromatic rings. The van der Waals surface area contributed by atoms with Gasteiger partial charge in [-0.1, -0.05) is 20.8 Å². The molecule has 4 atom stereocenters. The normalized spacial score (nSPS) is 38.9. The molecule has 118 valence electrons. The average Bonchev–Trinajstić information content (AvgIpc) is 2.54. The summed E-state index contributed by atoms with van der Waals surface area (Å²) < 4.78 is 12.0. The molecule has 0 aromatic heterocycles. The fourth-order valence-electron chi connectivity index (χ4n) is 3.51. The van der Waals surface area contributed by atoms with Gasteiger partial charge in [0.1, 0.15) is 0 Å².